The molecule has 0 aliphatic heterocycles. The zero-order valence-electron chi connectivity index (χ0n) is 12.7. The number of hydrogen-bond donors (Lipinski definition) is 0. The standard InChI is InChI=1S/C15H15NO2.C2H6/c1-10-6-4-5-7-12(10)13-8-11(2)16-9-14(13)15(17)18-3;1-2/h4-9H,1-3H3;1-2H3. The Morgan fingerprint density at radius 2 is 1.75 bits per heavy atom. The third kappa shape index (κ3) is 3.44. The number of rotatable bonds is 2. The monoisotopic (exact) mass is 271 g/mol. The van der Waals surface area contributed by atoms with Gasteiger partial charge in [0.05, 0.1) is 12.7 Å². The molecule has 0 aliphatic rings. The van der Waals surface area contributed by atoms with Gasteiger partial charge in [0.2, 0.25) is 0 Å². The van der Waals surface area contributed by atoms with E-state index in [-0.39, 0.29) is 5.97 Å². The van der Waals surface area contributed by atoms with Crippen molar-refractivity contribution < 1.29 is 9.53 Å². The van der Waals surface area contributed by atoms with Gasteiger partial charge in [-0.2, -0.15) is 0 Å². The van der Waals surface area contributed by atoms with Gasteiger partial charge in [0.25, 0.3) is 0 Å². The first-order valence-corrected chi connectivity index (χ1v) is 6.74. The number of esters is 1. The summed E-state index contributed by atoms with van der Waals surface area (Å²) < 4.78 is 4.80. The maximum Gasteiger partial charge on any atom is 0.340 e. The first kappa shape index (κ1) is 15.9. The summed E-state index contributed by atoms with van der Waals surface area (Å²) in [5.74, 6) is -0.360. The van der Waals surface area contributed by atoms with Crippen LogP contribution in [0.25, 0.3) is 11.1 Å². The Kier molecular flexibility index (Phi) is 5.91. The van der Waals surface area contributed by atoms with Gasteiger partial charge in [-0.15, -0.1) is 0 Å². The number of ether oxygens (including phenoxy) is 1. The van der Waals surface area contributed by atoms with E-state index in [0.29, 0.717) is 5.56 Å². The van der Waals surface area contributed by atoms with Crippen molar-refractivity contribution in [3.8, 4) is 11.1 Å². The summed E-state index contributed by atoms with van der Waals surface area (Å²) in [4.78, 5) is 15.9. The molecule has 0 saturated heterocycles. The van der Waals surface area contributed by atoms with Gasteiger partial charge in [0.15, 0.2) is 0 Å². The number of carbonyl (C=O) groups excluding carboxylic acids is 1. The molecule has 0 bridgehead atoms. The van der Waals surface area contributed by atoms with Crippen LogP contribution in [0, 0.1) is 13.8 Å². The van der Waals surface area contributed by atoms with Crippen LogP contribution in [0.4, 0.5) is 0 Å². The van der Waals surface area contributed by atoms with Crippen LogP contribution in [0.15, 0.2) is 36.5 Å². The van der Waals surface area contributed by atoms with Crippen molar-refractivity contribution in [3.63, 3.8) is 0 Å². The van der Waals surface area contributed by atoms with E-state index >= 15 is 0 Å². The van der Waals surface area contributed by atoms with Gasteiger partial charge in [-0.25, -0.2) is 4.79 Å². The average molecular weight is 271 g/mol. The number of benzene rings is 1. The van der Waals surface area contributed by atoms with E-state index < -0.39 is 0 Å². The van der Waals surface area contributed by atoms with Crippen LogP contribution in [-0.4, -0.2) is 18.1 Å². The molecule has 1 heterocycles. The topological polar surface area (TPSA) is 39.2 Å². The lowest BCUT2D eigenvalue weighted by Crippen LogP contribution is -2.05. The number of nitrogens with zero attached hydrogens (tertiary/aromatic N) is 1. The van der Waals surface area contributed by atoms with E-state index in [0.717, 1.165) is 22.4 Å². The molecule has 106 valence electrons. The predicted molar refractivity (Wildman–Crippen MR) is 81.8 cm³/mol. The molecule has 3 nitrogen and oxygen atoms in total. The zero-order valence-corrected chi connectivity index (χ0v) is 12.7. The van der Waals surface area contributed by atoms with Gasteiger partial charge in [-0.1, -0.05) is 38.1 Å². The molecule has 2 rings (SSSR count). The molecule has 0 radical (unpaired) electrons. The Balaban J connectivity index is 0.000000956. The van der Waals surface area contributed by atoms with Gasteiger partial charge in [-0.05, 0) is 36.6 Å². The van der Waals surface area contributed by atoms with Gasteiger partial charge >= 0.3 is 5.97 Å². The number of aryl methyl sites for hydroxylation is 2. The van der Waals surface area contributed by atoms with Gasteiger partial charge < -0.3 is 4.74 Å². The van der Waals surface area contributed by atoms with Crippen LogP contribution in [0.1, 0.15) is 35.5 Å². The number of carbonyl (C=O) groups is 1. The van der Waals surface area contributed by atoms with E-state index in [4.69, 9.17) is 4.74 Å². The van der Waals surface area contributed by atoms with E-state index in [2.05, 4.69) is 4.98 Å². The highest BCUT2D eigenvalue weighted by molar-refractivity contribution is 5.97. The minimum atomic E-state index is -0.360. The largest absolute Gasteiger partial charge is 0.465 e. The van der Waals surface area contributed by atoms with E-state index in [1.807, 2.05) is 58.0 Å². The minimum absolute atomic E-state index is 0.360. The van der Waals surface area contributed by atoms with Crippen LogP contribution < -0.4 is 0 Å². The molecule has 20 heavy (non-hydrogen) atoms. The first-order valence-electron chi connectivity index (χ1n) is 6.74. The first-order chi connectivity index (χ1) is 9.63. The molecule has 1 aromatic carbocycles. The maximum atomic E-state index is 11.8. The second kappa shape index (κ2) is 7.43. The van der Waals surface area contributed by atoms with E-state index in [1.54, 1.807) is 6.20 Å². The van der Waals surface area contributed by atoms with Gasteiger partial charge in [-0.3, -0.25) is 4.98 Å². The molecule has 2 aromatic rings. The SMILES string of the molecule is CC.COC(=O)c1cnc(C)cc1-c1ccccc1C. The molecule has 0 saturated carbocycles. The second-order valence-corrected chi connectivity index (χ2v) is 4.18. The van der Waals surface area contributed by atoms with Gasteiger partial charge in [0.1, 0.15) is 0 Å². The summed E-state index contributed by atoms with van der Waals surface area (Å²) in [5.41, 5.74) is 4.39. The molecule has 1 aromatic heterocycles. The van der Waals surface area contributed by atoms with Crippen molar-refractivity contribution >= 4 is 5.97 Å². The van der Waals surface area contributed by atoms with Crippen molar-refractivity contribution in [3.05, 3.63) is 53.3 Å². The van der Waals surface area contributed by atoms with Crippen LogP contribution in [0.3, 0.4) is 0 Å². The average Bonchev–Trinajstić information content (AvgIpc) is 2.49. The van der Waals surface area contributed by atoms with Crippen molar-refractivity contribution in [1.82, 2.24) is 4.98 Å². The summed E-state index contributed by atoms with van der Waals surface area (Å²) in [7, 11) is 1.38. The van der Waals surface area contributed by atoms with Gasteiger partial charge in [0, 0.05) is 11.9 Å². The fourth-order valence-electron chi connectivity index (χ4n) is 1.93. The van der Waals surface area contributed by atoms with E-state index in [9.17, 15) is 4.79 Å². The highest BCUT2D eigenvalue weighted by Crippen LogP contribution is 2.27. The Morgan fingerprint density at radius 1 is 1.10 bits per heavy atom. The quantitative estimate of drug-likeness (QED) is 0.769. The molecule has 0 unspecified atom stereocenters. The molecule has 0 spiro atoms. The number of aromatic nitrogens is 1. The molecule has 0 fully saturated rings. The normalized spacial score (nSPS) is 9.45. The molecule has 0 aliphatic carbocycles. The Bertz CT molecular complexity index is 591. The molecular weight excluding hydrogens is 250 g/mol. The molecule has 0 amide bonds. The smallest absolute Gasteiger partial charge is 0.340 e. The summed E-state index contributed by atoms with van der Waals surface area (Å²) in [6.07, 6.45) is 1.57. The van der Waals surface area contributed by atoms with Crippen LogP contribution in [0.5, 0.6) is 0 Å². The Labute approximate surface area is 120 Å². The van der Waals surface area contributed by atoms with Crippen LogP contribution in [-0.2, 0) is 4.74 Å². The third-order valence-corrected chi connectivity index (χ3v) is 2.88. The number of pyridine rings is 1. The van der Waals surface area contributed by atoms with Crippen molar-refractivity contribution in [1.29, 1.82) is 0 Å². The molecule has 0 N–H and O–H groups in total. The highest BCUT2D eigenvalue weighted by atomic mass is 16.5. The molecule has 0 atom stereocenters. The number of hydrogen-bond acceptors (Lipinski definition) is 3. The lowest BCUT2D eigenvalue weighted by molar-refractivity contribution is 0.0601. The van der Waals surface area contributed by atoms with Crippen molar-refractivity contribution in [2.24, 2.45) is 0 Å². The van der Waals surface area contributed by atoms with Crippen LogP contribution in [0.2, 0.25) is 0 Å². The summed E-state index contributed by atoms with van der Waals surface area (Å²) in [6.45, 7) is 7.93. The van der Waals surface area contributed by atoms with Crippen LogP contribution >= 0.6 is 0 Å². The highest BCUT2D eigenvalue weighted by Gasteiger charge is 2.15. The zero-order chi connectivity index (χ0) is 15.1. The minimum Gasteiger partial charge on any atom is -0.465 e. The predicted octanol–water partition coefficient (Wildman–Crippen LogP) is 4.18. The third-order valence-electron chi connectivity index (χ3n) is 2.88. The fraction of sp³-hybridized carbons (Fsp3) is 0.294. The summed E-state index contributed by atoms with van der Waals surface area (Å²) in [5, 5.41) is 0. The lowest BCUT2D eigenvalue weighted by atomic mass is 9.97. The van der Waals surface area contributed by atoms with Crippen molar-refractivity contribution in [2.75, 3.05) is 7.11 Å². The van der Waals surface area contributed by atoms with E-state index in [1.165, 1.54) is 7.11 Å². The summed E-state index contributed by atoms with van der Waals surface area (Å²) in [6, 6.07) is 9.86. The Hall–Kier alpha value is -2.16. The fourth-order valence-corrected chi connectivity index (χ4v) is 1.93. The molecular formula is C17H21NO2. The number of methoxy groups -OCH3 is 1. The Morgan fingerprint density at radius 3 is 2.35 bits per heavy atom. The summed E-state index contributed by atoms with van der Waals surface area (Å²) >= 11 is 0. The maximum absolute atomic E-state index is 11.8. The van der Waals surface area contributed by atoms with Crippen molar-refractivity contribution in [2.45, 2.75) is 27.7 Å². The lowest BCUT2D eigenvalue weighted by Gasteiger charge is -2.11. The molecule has 3 heteroatoms. The second-order valence-electron chi connectivity index (χ2n) is 4.18.